The minimum atomic E-state index is -0.922. The molecule has 0 unspecified atom stereocenters. The lowest BCUT2D eigenvalue weighted by molar-refractivity contribution is 0.0685. The second-order valence-corrected chi connectivity index (χ2v) is 7.42. The molecule has 1 aromatic heterocycles. The van der Waals surface area contributed by atoms with Gasteiger partial charge in [0.15, 0.2) is 0 Å². The summed E-state index contributed by atoms with van der Waals surface area (Å²) in [6, 6.07) is 7.00. The number of benzene rings is 1. The van der Waals surface area contributed by atoms with Crippen LogP contribution in [0, 0.1) is 0 Å². The van der Waals surface area contributed by atoms with Gasteiger partial charge in [-0.05, 0) is 43.4 Å². The van der Waals surface area contributed by atoms with E-state index < -0.39 is 5.97 Å². The van der Waals surface area contributed by atoms with Crippen molar-refractivity contribution in [2.45, 2.75) is 51.0 Å². The first-order valence-electron chi connectivity index (χ1n) is 9.68. The Balaban J connectivity index is 1.50. The number of carbonyl (C=O) groups excluding carboxylic acids is 1. The zero-order valence-electron chi connectivity index (χ0n) is 15.3. The largest absolute Gasteiger partial charge is 0.478 e. The van der Waals surface area contributed by atoms with E-state index in [9.17, 15) is 9.59 Å². The monoisotopic (exact) mass is 368 g/mol. The number of hydrogen-bond acceptors (Lipinski definition) is 4. The number of likely N-dealkylation sites (tertiary alicyclic amines) is 1. The smallest absolute Gasteiger partial charge is 0.335 e. The number of amides is 1. The fourth-order valence-corrected chi connectivity index (χ4v) is 4.12. The Hall–Kier alpha value is -2.70. The number of nitrogens with zero attached hydrogens (tertiary/aromatic N) is 4. The third kappa shape index (κ3) is 3.59. The molecule has 1 atom stereocenters. The lowest BCUT2D eigenvalue weighted by Gasteiger charge is -2.32. The van der Waals surface area contributed by atoms with E-state index in [0.29, 0.717) is 12.4 Å². The molecule has 0 bridgehead atoms. The summed E-state index contributed by atoms with van der Waals surface area (Å²) in [7, 11) is 0. The van der Waals surface area contributed by atoms with E-state index in [1.165, 1.54) is 0 Å². The molecule has 4 rings (SSSR count). The molecule has 2 aliphatic rings. The number of aryl methyl sites for hydroxylation is 1. The molecule has 1 fully saturated rings. The van der Waals surface area contributed by atoms with Crippen molar-refractivity contribution in [1.82, 2.24) is 19.7 Å². The molecule has 0 aliphatic carbocycles. The van der Waals surface area contributed by atoms with Crippen molar-refractivity contribution in [2.24, 2.45) is 0 Å². The average molecular weight is 368 g/mol. The van der Waals surface area contributed by atoms with Crippen LogP contribution in [-0.2, 0) is 13.0 Å². The number of piperidine rings is 1. The molecular formula is C20H24N4O3. The van der Waals surface area contributed by atoms with Crippen molar-refractivity contribution < 1.29 is 14.7 Å². The summed E-state index contributed by atoms with van der Waals surface area (Å²) in [5.41, 5.74) is 1.37. The number of carbonyl (C=O) groups is 2. The first-order chi connectivity index (χ1) is 13.1. The van der Waals surface area contributed by atoms with Gasteiger partial charge in [-0.25, -0.2) is 4.79 Å². The Morgan fingerprint density at radius 2 is 1.81 bits per heavy atom. The van der Waals surface area contributed by atoms with Crippen molar-refractivity contribution in [3.8, 4) is 0 Å². The van der Waals surface area contributed by atoms with Crippen LogP contribution >= 0.6 is 0 Å². The highest BCUT2D eigenvalue weighted by Gasteiger charge is 2.29. The molecule has 1 N–H and O–H groups in total. The summed E-state index contributed by atoms with van der Waals surface area (Å²) in [6.45, 7) is 2.18. The van der Waals surface area contributed by atoms with Gasteiger partial charge in [0.25, 0.3) is 5.91 Å². The zero-order valence-corrected chi connectivity index (χ0v) is 15.3. The van der Waals surface area contributed by atoms with E-state index >= 15 is 0 Å². The Morgan fingerprint density at radius 1 is 1.00 bits per heavy atom. The molecule has 2 aromatic rings. The molecule has 1 saturated heterocycles. The fourth-order valence-electron chi connectivity index (χ4n) is 4.12. The Morgan fingerprint density at radius 3 is 2.59 bits per heavy atom. The molecule has 1 aromatic carbocycles. The predicted molar refractivity (Wildman–Crippen MR) is 98.9 cm³/mol. The van der Waals surface area contributed by atoms with Crippen molar-refractivity contribution in [3.05, 3.63) is 47.0 Å². The summed E-state index contributed by atoms with van der Waals surface area (Å²) in [4.78, 5) is 26.0. The summed E-state index contributed by atoms with van der Waals surface area (Å²) in [6.07, 6.45) is 6.13. The Kier molecular flexibility index (Phi) is 4.92. The van der Waals surface area contributed by atoms with Crippen LogP contribution in [0.5, 0.6) is 0 Å². The normalized spacial score (nSPS) is 20.0. The van der Waals surface area contributed by atoms with Gasteiger partial charge in [0, 0.05) is 32.0 Å². The van der Waals surface area contributed by atoms with E-state index in [2.05, 4.69) is 10.2 Å². The van der Waals surface area contributed by atoms with Crippen LogP contribution < -0.4 is 0 Å². The van der Waals surface area contributed by atoms with Crippen LogP contribution in [0.2, 0.25) is 0 Å². The number of aromatic carboxylic acids is 1. The highest BCUT2D eigenvalue weighted by molar-refractivity contribution is 5.91. The molecule has 3 heterocycles. The average Bonchev–Trinajstić information content (AvgIpc) is 2.95. The van der Waals surface area contributed by atoms with Gasteiger partial charge in [-0.3, -0.25) is 4.79 Å². The summed E-state index contributed by atoms with van der Waals surface area (Å²) in [5, 5.41) is 17.5. The maximum atomic E-state index is 13.1. The van der Waals surface area contributed by atoms with Gasteiger partial charge in [-0.1, -0.05) is 18.6 Å². The highest BCUT2D eigenvalue weighted by atomic mass is 16.4. The summed E-state index contributed by atoms with van der Waals surface area (Å²) < 4.78 is 2.00. The van der Waals surface area contributed by atoms with E-state index in [4.69, 9.17) is 5.11 Å². The van der Waals surface area contributed by atoms with Gasteiger partial charge >= 0.3 is 5.97 Å². The minimum Gasteiger partial charge on any atom is -0.478 e. The maximum absolute atomic E-state index is 13.1. The zero-order chi connectivity index (χ0) is 18.8. The molecule has 1 amide bonds. The van der Waals surface area contributed by atoms with Crippen molar-refractivity contribution in [2.75, 3.05) is 13.1 Å². The van der Waals surface area contributed by atoms with Gasteiger partial charge in [-0.2, -0.15) is 0 Å². The van der Waals surface area contributed by atoms with Crippen LogP contribution in [-0.4, -0.2) is 49.7 Å². The van der Waals surface area contributed by atoms with Crippen LogP contribution in [0.4, 0.5) is 0 Å². The topological polar surface area (TPSA) is 88.3 Å². The molecule has 2 aliphatic heterocycles. The van der Waals surface area contributed by atoms with Crippen LogP contribution in [0.3, 0.4) is 0 Å². The van der Waals surface area contributed by atoms with E-state index in [-0.39, 0.29) is 17.4 Å². The predicted octanol–water partition coefficient (Wildman–Crippen LogP) is 2.72. The number of carboxylic acids is 1. The molecule has 0 saturated carbocycles. The lowest BCUT2D eigenvalue weighted by atomic mass is 9.90. The fraction of sp³-hybridized carbons (Fsp3) is 0.500. The highest BCUT2D eigenvalue weighted by Crippen LogP contribution is 2.28. The number of fused-ring (bicyclic) bond motifs is 1. The molecule has 142 valence electrons. The maximum Gasteiger partial charge on any atom is 0.335 e. The van der Waals surface area contributed by atoms with Gasteiger partial charge in [-0.15, -0.1) is 10.2 Å². The quantitative estimate of drug-likeness (QED) is 0.900. The van der Waals surface area contributed by atoms with Gasteiger partial charge in [0.1, 0.15) is 5.82 Å². The summed E-state index contributed by atoms with van der Waals surface area (Å²) >= 11 is 0. The lowest BCUT2D eigenvalue weighted by Crippen LogP contribution is -2.40. The van der Waals surface area contributed by atoms with E-state index in [0.717, 1.165) is 63.0 Å². The molecule has 7 heteroatoms. The van der Waals surface area contributed by atoms with E-state index in [1.54, 1.807) is 12.1 Å². The van der Waals surface area contributed by atoms with Crippen LogP contribution in [0.15, 0.2) is 24.3 Å². The minimum absolute atomic E-state index is 0.0393. The van der Waals surface area contributed by atoms with Crippen LogP contribution in [0.1, 0.15) is 70.4 Å². The first-order valence-corrected chi connectivity index (χ1v) is 9.68. The first kappa shape index (κ1) is 17.7. The van der Waals surface area contributed by atoms with Gasteiger partial charge < -0.3 is 14.6 Å². The number of aromatic nitrogens is 3. The molecule has 27 heavy (non-hydrogen) atoms. The van der Waals surface area contributed by atoms with Crippen LogP contribution in [0.25, 0.3) is 0 Å². The number of hydrogen-bond donors (Lipinski definition) is 1. The second-order valence-electron chi connectivity index (χ2n) is 7.42. The third-order valence-corrected chi connectivity index (χ3v) is 5.64. The molecule has 0 spiro atoms. The van der Waals surface area contributed by atoms with Crippen molar-refractivity contribution >= 4 is 11.9 Å². The van der Waals surface area contributed by atoms with E-state index in [1.807, 2.05) is 21.6 Å². The SMILES string of the molecule is O=C(O)c1ccc([C@H]2CCCN(C(=O)c3nnc4n3CCCCC4)C2)cc1. The Labute approximate surface area is 158 Å². The standard InChI is InChI=1S/C20H24N4O3/c25-19(18-22-21-17-6-2-1-3-12-24(17)18)23-11-4-5-16(13-23)14-7-9-15(10-8-14)20(26)27/h7-10,16H,1-6,11-13H2,(H,26,27)/t16-/m0/s1. The molecule has 0 radical (unpaired) electrons. The number of carboxylic acid groups (broad SMARTS) is 1. The van der Waals surface area contributed by atoms with Crippen molar-refractivity contribution in [1.29, 1.82) is 0 Å². The summed E-state index contributed by atoms with van der Waals surface area (Å²) in [5.74, 6) is 0.650. The third-order valence-electron chi connectivity index (χ3n) is 5.64. The molecule has 7 nitrogen and oxygen atoms in total. The Bertz CT molecular complexity index is 843. The molecular weight excluding hydrogens is 344 g/mol. The number of rotatable bonds is 3. The van der Waals surface area contributed by atoms with Gasteiger partial charge in [0.05, 0.1) is 5.56 Å². The second kappa shape index (κ2) is 7.50. The van der Waals surface area contributed by atoms with Gasteiger partial charge in [0.2, 0.25) is 5.82 Å². The van der Waals surface area contributed by atoms with Crippen molar-refractivity contribution in [3.63, 3.8) is 0 Å².